The molecule has 1 atom stereocenters. The summed E-state index contributed by atoms with van der Waals surface area (Å²) in [5.41, 5.74) is 2.54. The summed E-state index contributed by atoms with van der Waals surface area (Å²) in [6, 6.07) is 6.95. The first-order valence-electron chi connectivity index (χ1n) is 8.85. The Morgan fingerprint density at radius 2 is 1.92 bits per heavy atom. The maximum atomic E-state index is 9.48. The zero-order valence-corrected chi connectivity index (χ0v) is 16.7. The van der Waals surface area contributed by atoms with Gasteiger partial charge in [0, 0.05) is 10.6 Å². The molecule has 1 aromatic carbocycles. The summed E-state index contributed by atoms with van der Waals surface area (Å²) in [7, 11) is 0. The highest BCUT2D eigenvalue weighted by Crippen LogP contribution is 2.45. The number of aromatic hydroxyl groups is 1. The third-order valence-corrected chi connectivity index (χ3v) is 6.55. The minimum absolute atomic E-state index is 0.238. The second-order valence-electron chi connectivity index (χ2n) is 8.00. The number of fused-ring (bicyclic) bond motifs is 3. The van der Waals surface area contributed by atoms with Crippen LogP contribution < -0.4 is 5.32 Å². The number of hydrogen-bond donors (Lipinski definition) is 2. The summed E-state index contributed by atoms with van der Waals surface area (Å²) in [6.45, 7) is 6.97. The van der Waals surface area contributed by atoms with Crippen LogP contribution in [0.1, 0.15) is 37.6 Å². The van der Waals surface area contributed by atoms with Gasteiger partial charge in [-0.15, -0.1) is 11.3 Å². The summed E-state index contributed by atoms with van der Waals surface area (Å²) in [4.78, 5) is 11.3. The Balaban J connectivity index is 1.77. The molecule has 1 unspecified atom stereocenters. The van der Waals surface area contributed by atoms with Gasteiger partial charge in [-0.2, -0.15) is 4.98 Å². The lowest BCUT2D eigenvalue weighted by Crippen LogP contribution is -2.26. The van der Waals surface area contributed by atoms with E-state index in [1.807, 2.05) is 12.1 Å². The van der Waals surface area contributed by atoms with Gasteiger partial charge in [0.2, 0.25) is 5.28 Å². The molecule has 1 aliphatic carbocycles. The van der Waals surface area contributed by atoms with Crippen LogP contribution in [0.4, 0.5) is 11.5 Å². The fourth-order valence-corrected chi connectivity index (χ4v) is 5.18. The summed E-state index contributed by atoms with van der Waals surface area (Å²) in [5.74, 6) is 1.67. The van der Waals surface area contributed by atoms with E-state index < -0.39 is 0 Å². The quantitative estimate of drug-likeness (QED) is 0.421. The first-order chi connectivity index (χ1) is 12.3. The average molecular weight is 388 g/mol. The predicted octanol–water partition coefficient (Wildman–Crippen LogP) is 5.94. The van der Waals surface area contributed by atoms with Crippen molar-refractivity contribution < 1.29 is 5.11 Å². The Morgan fingerprint density at radius 3 is 2.62 bits per heavy atom. The van der Waals surface area contributed by atoms with E-state index in [2.05, 4.69) is 36.1 Å². The van der Waals surface area contributed by atoms with Crippen LogP contribution in [0.5, 0.6) is 5.75 Å². The second-order valence-corrected chi connectivity index (χ2v) is 9.42. The van der Waals surface area contributed by atoms with Crippen molar-refractivity contribution >= 4 is 44.7 Å². The zero-order chi connectivity index (χ0) is 18.5. The zero-order valence-electron chi connectivity index (χ0n) is 15.1. The number of aryl methyl sites for hydroxylation is 1. The fraction of sp³-hybridized carbons (Fsp3) is 0.400. The molecule has 0 bridgehead atoms. The Morgan fingerprint density at radius 1 is 1.19 bits per heavy atom. The maximum absolute atomic E-state index is 9.48. The first-order valence-corrected chi connectivity index (χ1v) is 10.0. The van der Waals surface area contributed by atoms with Gasteiger partial charge >= 0.3 is 0 Å². The lowest BCUT2D eigenvalue weighted by molar-refractivity contribution is 0.218. The molecule has 0 amide bonds. The standard InChI is InChI=1S/C20H22ClN3OS/c1-20(2,3)11-4-9-14-15(10-11)26-18-16(14)17(23-19(21)24-18)22-12-5-7-13(25)8-6-12/h5-8,11,25H,4,9-10H2,1-3H3,(H,22,23,24). The lowest BCUT2D eigenvalue weighted by Gasteiger charge is -2.33. The first kappa shape index (κ1) is 17.6. The number of rotatable bonds is 2. The second kappa shape index (κ2) is 6.39. The van der Waals surface area contributed by atoms with Crippen LogP contribution in [0, 0.1) is 11.3 Å². The lowest BCUT2D eigenvalue weighted by atomic mass is 9.72. The molecule has 4 nitrogen and oxygen atoms in total. The Hall–Kier alpha value is -1.85. The minimum atomic E-state index is 0.238. The van der Waals surface area contributed by atoms with Crippen molar-refractivity contribution in [1.82, 2.24) is 9.97 Å². The molecule has 0 fully saturated rings. The number of phenolic OH excluding ortho intramolecular Hbond substituents is 1. The predicted molar refractivity (Wildman–Crippen MR) is 109 cm³/mol. The van der Waals surface area contributed by atoms with Gasteiger partial charge in [0.1, 0.15) is 16.4 Å². The maximum Gasteiger partial charge on any atom is 0.225 e. The van der Waals surface area contributed by atoms with E-state index in [-0.39, 0.29) is 11.0 Å². The van der Waals surface area contributed by atoms with E-state index in [4.69, 9.17) is 11.6 Å². The van der Waals surface area contributed by atoms with Gasteiger partial charge in [0.05, 0.1) is 5.39 Å². The molecule has 136 valence electrons. The number of benzene rings is 1. The summed E-state index contributed by atoms with van der Waals surface area (Å²) >= 11 is 7.93. The van der Waals surface area contributed by atoms with Crippen LogP contribution in [0.15, 0.2) is 24.3 Å². The summed E-state index contributed by atoms with van der Waals surface area (Å²) in [6.07, 6.45) is 3.33. The molecule has 2 heterocycles. The van der Waals surface area contributed by atoms with Gasteiger partial charge in [-0.3, -0.25) is 0 Å². The number of anilines is 2. The molecular formula is C20H22ClN3OS. The number of nitrogens with zero attached hydrogens (tertiary/aromatic N) is 2. The van der Waals surface area contributed by atoms with E-state index in [9.17, 15) is 5.11 Å². The van der Waals surface area contributed by atoms with Gasteiger partial charge in [0.15, 0.2) is 0 Å². The van der Waals surface area contributed by atoms with Crippen molar-refractivity contribution in [1.29, 1.82) is 0 Å². The number of hydrogen-bond acceptors (Lipinski definition) is 5. The molecule has 3 aromatic rings. The minimum Gasteiger partial charge on any atom is -0.508 e. The third kappa shape index (κ3) is 3.26. The largest absolute Gasteiger partial charge is 0.508 e. The van der Waals surface area contributed by atoms with Crippen molar-refractivity contribution in [3.8, 4) is 5.75 Å². The molecule has 2 aromatic heterocycles. The molecule has 0 saturated heterocycles. The third-order valence-electron chi connectivity index (χ3n) is 5.24. The van der Waals surface area contributed by atoms with Crippen molar-refractivity contribution in [3.63, 3.8) is 0 Å². The highest BCUT2D eigenvalue weighted by Gasteiger charge is 2.31. The SMILES string of the molecule is CC(C)(C)C1CCc2c(sc3nc(Cl)nc(Nc4ccc(O)cc4)c23)C1. The number of thiophene rings is 1. The smallest absolute Gasteiger partial charge is 0.225 e. The van der Waals surface area contributed by atoms with Crippen LogP contribution in [-0.2, 0) is 12.8 Å². The summed E-state index contributed by atoms with van der Waals surface area (Å²) < 4.78 is 0. The fourth-order valence-electron chi connectivity index (χ4n) is 3.66. The molecule has 6 heteroatoms. The normalized spacial score (nSPS) is 17.3. The Labute approximate surface area is 162 Å². The van der Waals surface area contributed by atoms with E-state index in [0.717, 1.165) is 34.6 Å². The number of nitrogens with one attached hydrogen (secondary N) is 1. The van der Waals surface area contributed by atoms with Gasteiger partial charge < -0.3 is 10.4 Å². The Kier molecular flexibility index (Phi) is 4.32. The molecule has 0 spiro atoms. The molecule has 0 radical (unpaired) electrons. The van der Waals surface area contributed by atoms with E-state index >= 15 is 0 Å². The van der Waals surface area contributed by atoms with Gasteiger partial charge in [-0.25, -0.2) is 4.98 Å². The monoisotopic (exact) mass is 387 g/mol. The van der Waals surface area contributed by atoms with Crippen molar-refractivity contribution in [2.24, 2.45) is 11.3 Å². The van der Waals surface area contributed by atoms with Crippen LogP contribution in [0.25, 0.3) is 10.2 Å². The van der Waals surface area contributed by atoms with E-state index in [1.165, 1.54) is 16.9 Å². The van der Waals surface area contributed by atoms with E-state index in [1.54, 1.807) is 23.5 Å². The van der Waals surface area contributed by atoms with Crippen molar-refractivity contribution in [2.75, 3.05) is 5.32 Å². The highest BCUT2D eigenvalue weighted by atomic mass is 35.5. The van der Waals surface area contributed by atoms with Crippen LogP contribution >= 0.6 is 22.9 Å². The average Bonchev–Trinajstić information content (AvgIpc) is 2.93. The van der Waals surface area contributed by atoms with Gasteiger partial charge in [-0.05, 0) is 72.0 Å². The molecule has 0 saturated carbocycles. The topological polar surface area (TPSA) is 58.0 Å². The van der Waals surface area contributed by atoms with Crippen LogP contribution in [0.2, 0.25) is 5.28 Å². The van der Waals surface area contributed by atoms with E-state index in [0.29, 0.717) is 11.3 Å². The van der Waals surface area contributed by atoms with Gasteiger partial charge in [-0.1, -0.05) is 20.8 Å². The highest BCUT2D eigenvalue weighted by molar-refractivity contribution is 7.19. The van der Waals surface area contributed by atoms with Crippen LogP contribution in [0.3, 0.4) is 0 Å². The molecule has 1 aliphatic rings. The van der Waals surface area contributed by atoms with Gasteiger partial charge in [0.25, 0.3) is 0 Å². The number of phenols is 1. The van der Waals surface area contributed by atoms with Crippen molar-refractivity contribution in [2.45, 2.75) is 40.0 Å². The number of halogens is 1. The molecular weight excluding hydrogens is 366 g/mol. The molecule has 2 N–H and O–H groups in total. The van der Waals surface area contributed by atoms with Crippen molar-refractivity contribution in [3.05, 3.63) is 40.0 Å². The molecule has 0 aliphatic heterocycles. The molecule has 4 rings (SSSR count). The number of aromatic nitrogens is 2. The molecule has 26 heavy (non-hydrogen) atoms. The van der Waals surface area contributed by atoms with Crippen LogP contribution in [-0.4, -0.2) is 15.1 Å². The summed E-state index contributed by atoms with van der Waals surface area (Å²) in [5, 5.41) is 14.2. The Bertz CT molecular complexity index is 960.